The Morgan fingerprint density at radius 3 is 2.44 bits per heavy atom. The molecule has 1 aromatic rings. The number of methoxy groups -OCH3 is 1. The van der Waals surface area contributed by atoms with Gasteiger partial charge in [-0.05, 0) is 56.1 Å². The number of halogens is 1. The van der Waals surface area contributed by atoms with Crippen LogP contribution in [0.15, 0.2) is 29.2 Å². The van der Waals surface area contributed by atoms with Gasteiger partial charge in [-0.3, -0.25) is 4.79 Å². The van der Waals surface area contributed by atoms with Gasteiger partial charge in [0.1, 0.15) is 11.8 Å². The summed E-state index contributed by atoms with van der Waals surface area (Å²) in [5.41, 5.74) is 0. The number of likely N-dealkylation sites (tertiary alicyclic amines) is 1. The Morgan fingerprint density at radius 2 is 1.93 bits per heavy atom. The fourth-order valence-electron chi connectivity index (χ4n) is 3.15. The molecule has 1 saturated heterocycles. The molecule has 1 aliphatic rings. The molecular formula is C18H30ClN3O4S. The van der Waals surface area contributed by atoms with Gasteiger partial charge >= 0.3 is 0 Å². The summed E-state index contributed by atoms with van der Waals surface area (Å²) in [6.07, 6.45) is 0.933. The number of benzene rings is 1. The minimum atomic E-state index is -3.79. The largest absolute Gasteiger partial charge is 0.497 e. The Labute approximate surface area is 168 Å². The van der Waals surface area contributed by atoms with E-state index in [2.05, 4.69) is 10.0 Å². The smallest absolute Gasteiger partial charge is 0.241 e. The van der Waals surface area contributed by atoms with Gasteiger partial charge in [0.2, 0.25) is 15.9 Å². The van der Waals surface area contributed by atoms with Crippen LogP contribution in [-0.4, -0.2) is 59.1 Å². The van der Waals surface area contributed by atoms with Crippen molar-refractivity contribution in [3.63, 3.8) is 0 Å². The van der Waals surface area contributed by atoms with E-state index in [1.807, 2.05) is 20.9 Å². The molecular weight excluding hydrogens is 390 g/mol. The summed E-state index contributed by atoms with van der Waals surface area (Å²) in [5.74, 6) is 0.678. The van der Waals surface area contributed by atoms with Crippen LogP contribution in [0.25, 0.3) is 0 Å². The van der Waals surface area contributed by atoms with Crippen molar-refractivity contribution in [1.82, 2.24) is 14.9 Å². The van der Waals surface area contributed by atoms with Crippen LogP contribution in [0.1, 0.15) is 20.3 Å². The molecule has 0 aliphatic carbocycles. The maximum atomic E-state index is 12.9. The lowest BCUT2D eigenvalue weighted by Crippen LogP contribution is -2.50. The molecule has 2 rings (SSSR count). The van der Waals surface area contributed by atoms with E-state index >= 15 is 0 Å². The Morgan fingerprint density at radius 1 is 1.30 bits per heavy atom. The topological polar surface area (TPSA) is 87.7 Å². The Balaban J connectivity index is 0.00000364. The number of hydrogen-bond donors (Lipinski definition) is 2. The molecule has 27 heavy (non-hydrogen) atoms. The minimum Gasteiger partial charge on any atom is -0.497 e. The summed E-state index contributed by atoms with van der Waals surface area (Å²) in [4.78, 5) is 14.8. The summed E-state index contributed by atoms with van der Waals surface area (Å²) in [6.45, 7) is 5.88. The molecule has 2 N–H and O–H groups in total. The number of amides is 1. The highest BCUT2D eigenvalue weighted by molar-refractivity contribution is 7.89. The molecule has 9 heteroatoms. The second kappa shape index (κ2) is 10.3. The van der Waals surface area contributed by atoms with Gasteiger partial charge < -0.3 is 15.0 Å². The lowest BCUT2D eigenvalue weighted by Gasteiger charge is -2.27. The van der Waals surface area contributed by atoms with Crippen LogP contribution in [0.4, 0.5) is 0 Å². The maximum absolute atomic E-state index is 12.9. The van der Waals surface area contributed by atoms with E-state index in [1.165, 1.54) is 19.2 Å². The second-order valence-electron chi connectivity index (χ2n) is 7.02. The van der Waals surface area contributed by atoms with E-state index in [0.29, 0.717) is 24.8 Å². The highest BCUT2D eigenvalue weighted by Gasteiger charge is 2.34. The van der Waals surface area contributed by atoms with E-state index in [0.717, 1.165) is 13.0 Å². The lowest BCUT2D eigenvalue weighted by molar-refractivity contribution is -0.133. The van der Waals surface area contributed by atoms with Crippen molar-refractivity contribution in [1.29, 1.82) is 0 Å². The Kier molecular flexibility index (Phi) is 9.01. The van der Waals surface area contributed by atoms with Crippen LogP contribution in [0.3, 0.4) is 0 Å². The molecule has 1 fully saturated rings. The van der Waals surface area contributed by atoms with E-state index in [-0.39, 0.29) is 29.1 Å². The van der Waals surface area contributed by atoms with Gasteiger partial charge in [-0.25, -0.2) is 8.42 Å². The summed E-state index contributed by atoms with van der Waals surface area (Å²) >= 11 is 0. The van der Waals surface area contributed by atoms with Crippen LogP contribution in [0.5, 0.6) is 5.75 Å². The molecule has 0 radical (unpaired) electrons. The van der Waals surface area contributed by atoms with Crippen molar-refractivity contribution in [3.05, 3.63) is 24.3 Å². The fraction of sp³-hybridized carbons (Fsp3) is 0.611. The summed E-state index contributed by atoms with van der Waals surface area (Å²) in [7, 11) is -0.380. The van der Waals surface area contributed by atoms with Crippen molar-refractivity contribution in [2.75, 3.05) is 33.8 Å². The molecule has 1 aromatic carbocycles. The quantitative estimate of drug-likeness (QED) is 0.666. The average Bonchev–Trinajstić information content (AvgIpc) is 3.08. The Hall–Kier alpha value is -1.35. The number of hydrogen-bond acceptors (Lipinski definition) is 5. The zero-order valence-electron chi connectivity index (χ0n) is 16.3. The molecule has 2 atom stereocenters. The molecule has 154 valence electrons. The van der Waals surface area contributed by atoms with Crippen molar-refractivity contribution >= 4 is 28.3 Å². The first kappa shape index (κ1) is 23.7. The number of nitrogens with one attached hydrogen (secondary N) is 2. The molecule has 0 spiro atoms. The maximum Gasteiger partial charge on any atom is 0.241 e. The molecule has 1 aliphatic heterocycles. The molecule has 1 heterocycles. The van der Waals surface area contributed by atoms with Crippen molar-refractivity contribution in [2.45, 2.75) is 31.2 Å². The first-order valence-corrected chi connectivity index (χ1v) is 10.4. The first-order chi connectivity index (χ1) is 12.3. The zero-order valence-corrected chi connectivity index (χ0v) is 17.9. The highest BCUT2D eigenvalue weighted by atomic mass is 35.5. The number of carbonyl (C=O) groups excluding carboxylic acids is 1. The van der Waals surface area contributed by atoms with Gasteiger partial charge in [0.15, 0.2) is 0 Å². The minimum absolute atomic E-state index is 0. The normalized spacial score (nSPS) is 18.3. The number of ether oxygens (including phenoxy) is 1. The van der Waals surface area contributed by atoms with Gasteiger partial charge in [0.05, 0.1) is 12.0 Å². The van der Waals surface area contributed by atoms with E-state index in [4.69, 9.17) is 4.74 Å². The van der Waals surface area contributed by atoms with E-state index < -0.39 is 16.1 Å². The number of nitrogens with zero attached hydrogens (tertiary/aromatic N) is 1. The molecule has 2 unspecified atom stereocenters. The SMILES string of the molecule is CNCC1CCN(C(=O)C(NS(=O)(=O)c2ccc(OC)cc2)C(C)C)C1.Cl. The predicted octanol–water partition coefficient (Wildman–Crippen LogP) is 1.49. The summed E-state index contributed by atoms with van der Waals surface area (Å²) in [5, 5.41) is 3.13. The van der Waals surface area contributed by atoms with Gasteiger partial charge in [0.25, 0.3) is 0 Å². The molecule has 0 aromatic heterocycles. The third kappa shape index (κ3) is 6.07. The third-order valence-corrected chi connectivity index (χ3v) is 6.13. The van der Waals surface area contributed by atoms with Crippen molar-refractivity contribution < 1.29 is 17.9 Å². The first-order valence-electron chi connectivity index (χ1n) is 8.88. The number of carbonyl (C=O) groups is 1. The molecule has 7 nitrogen and oxygen atoms in total. The van der Waals surface area contributed by atoms with Crippen LogP contribution >= 0.6 is 12.4 Å². The highest BCUT2D eigenvalue weighted by Crippen LogP contribution is 2.20. The van der Waals surface area contributed by atoms with Crippen LogP contribution < -0.4 is 14.8 Å². The van der Waals surface area contributed by atoms with Crippen LogP contribution in [-0.2, 0) is 14.8 Å². The van der Waals surface area contributed by atoms with Crippen molar-refractivity contribution in [2.24, 2.45) is 11.8 Å². The second-order valence-corrected chi connectivity index (χ2v) is 8.73. The number of rotatable bonds is 8. The predicted molar refractivity (Wildman–Crippen MR) is 108 cm³/mol. The lowest BCUT2D eigenvalue weighted by atomic mass is 10.0. The zero-order chi connectivity index (χ0) is 19.3. The Bertz CT molecular complexity index is 710. The molecule has 0 bridgehead atoms. The fourth-order valence-corrected chi connectivity index (χ4v) is 4.48. The monoisotopic (exact) mass is 419 g/mol. The van der Waals surface area contributed by atoms with Gasteiger partial charge in [-0.1, -0.05) is 13.8 Å². The molecule has 0 saturated carbocycles. The van der Waals surface area contributed by atoms with Crippen LogP contribution in [0.2, 0.25) is 0 Å². The van der Waals surface area contributed by atoms with Gasteiger partial charge in [-0.15, -0.1) is 12.4 Å². The van der Waals surface area contributed by atoms with Gasteiger partial charge in [0, 0.05) is 13.1 Å². The number of sulfonamides is 1. The van der Waals surface area contributed by atoms with E-state index in [9.17, 15) is 13.2 Å². The molecule has 1 amide bonds. The van der Waals surface area contributed by atoms with Gasteiger partial charge in [-0.2, -0.15) is 4.72 Å². The standard InChI is InChI=1S/C18H29N3O4S.ClH/c1-13(2)17(18(22)21-10-9-14(12-21)11-19-3)20-26(23,24)16-7-5-15(25-4)6-8-16;/h5-8,13-14,17,19-20H,9-12H2,1-4H3;1H. The summed E-state index contributed by atoms with van der Waals surface area (Å²) < 4.78 is 33.1. The average molecular weight is 420 g/mol. The van der Waals surface area contributed by atoms with Crippen LogP contribution in [0, 0.1) is 11.8 Å². The summed E-state index contributed by atoms with van der Waals surface area (Å²) in [6, 6.07) is 5.34. The third-order valence-electron chi connectivity index (χ3n) is 4.67. The van der Waals surface area contributed by atoms with Crippen molar-refractivity contribution in [3.8, 4) is 5.75 Å². The van der Waals surface area contributed by atoms with E-state index in [1.54, 1.807) is 17.0 Å².